The third-order valence-electron chi connectivity index (χ3n) is 5.56. The maximum absolute atomic E-state index is 13.4. The van der Waals surface area contributed by atoms with E-state index in [1.807, 2.05) is 35.2 Å². The molecule has 2 fully saturated rings. The van der Waals surface area contributed by atoms with E-state index in [0.717, 1.165) is 31.4 Å². The van der Waals surface area contributed by atoms with Crippen LogP contribution in [0, 0.1) is 0 Å². The second kappa shape index (κ2) is 9.47. The summed E-state index contributed by atoms with van der Waals surface area (Å²) in [6, 6.07) is 13.3. The summed E-state index contributed by atoms with van der Waals surface area (Å²) in [5, 5.41) is 10.9. The standard InChI is InChI=1S/C24H26N2O4S/c1-29-19-13-16(14-20(30-2)22(19)27)15-21-23(28)26(18-11-7-4-8-12-18)24(31-21)25-17-9-5-3-6-10-17/h3,5-6,9-10,13-15,18,27H,4,7-8,11-12H2,1-2H3/b21-15+,25-24?. The number of ether oxygens (including phenoxy) is 2. The highest BCUT2D eigenvalue weighted by atomic mass is 32.2. The molecule has 31 heavy (non-hydrogen) atoms. The fourth-order valence-electron chi connectivity index (χ4n) is 3.99. The SMILES string of the molecule is COc1cc(/C=C2/SC(=Nc3ccccc3)N(C3CCCCC3)C2=O)cc(OC)c1O. The lowest BCUT2D eigenvalue weighted by atomic mass is 9.94. The Morgan fingerprint density at radius 3 is 2.32 bits per heavy atom. The lowest BCUT2D eigenvalue weighted by molar-refractivity contribution is -0.124. The summed E-state index contributed by atoms with van der Waals surface area (Å²) in [4.78, 5) is 20.7. The van der Waals surface area contributed by atoms with Crippen LogP contribution in [0.3, 0.4) is 0 Å². The number of methoxy groups -OCH3 is 2. The Morgan fingerprint density at radius 2 is 1.71 bits per heavy atom. The highest BCUT2D eigenvalue weighted by molar-refractivity contribution is 8.18. The fraction of sp³-hybridized carbons (Fsp3) is 0.333. The van der Waals surface area contributed by atoms with E-state index in [0.29, 0.717) is 27.1 Å². The van der Waals surface area contributed by atoms with E-state index in [2.05, 4.69) is 0 Å². The molecule has 6 nitrogen and oxygen atoms in total. The highest BCUT2D eigenvalue weighted by Crippen LogP contribution is 2.41. The van der Waals surface area contributed by atoms with Gasteiger partial charge in [0, 0.05) is 6.04 Å². The Hall–Kier alpha value is -2.93. The van der Waals surface area contributed by atoms with Gasteiger partial charge in [-0.3, -0.25) is 9.69 Å². The fourth-order valence-corrected chi connectivity index (χ4v) is 5.05. The molecule has 1 amide bonds. The summed E-state index contributed by atoms with van der Waals surface area (Å²) >= 11 is 1.38. The Labute approximate surface area is 186 Å². The van der Waals surface area contributed by atoms with Crippen molar-refractivity contribution < 1.29 is 19.4 Å². The Bertz CT molecular complexity index is 988. The number of amides is 1. The molecule has 4 rings (SSSR count). The van der Waals surface area contributed by atoms with Crippen molar-refractivity contribution in [1.29, 1.82) is 0 Å². The van der Waals surface area contributed by atoms with Crippen molar-refractivity contribution in [3.8, 4) is 17.2 Å². The summed E-state index contributed by atoms with van der Waals surface area (Å²) in [6.07, 6.45) is 7.27. The van der Waals surface area contributed by atoms with Crippen LogP contribution in [0.25, 0.3) is 6.08 Å². The lowest BCUT2D eigenvalue weighted by Gasteiger charge is -2.30. The second-order valence-electron chi connectivity index (χ2n) is 7.58. The predicted octanol–water partition coefficient (Wildman–Crippen LogP) is 5.35. The van der Waals surface area contributed by atoms with Crippen molar-refractivity contribution in [2.75, 3.05) is 14.2 Å². The zero-order valence-corrected chi connectivity index (χ0v) is 18.5. The van der Waals surface area contributed by atoms with Gasteiger partial charge in [-0.1, -0.05) is 37.5 Å². The molecular formula is C24H26N2O4S. The number of hydrogen-bond acceptors (Lipinski definition) is 6. The van der Waals surface area contributed by atoms with E-state index in [9.17, 15) is 9.90 Å². The van der Waals surface area contributed by atoms with E-state index in [-0.39, 0.29) is 17.7 Å². The molecular weight excluding hydrogens is 412 g/mol. The monoisotopic (exact) mass is 438 g/mol. The molecule has 1 aliphatic carbocycles. The number of nitrogens with zero attached hydrogens (tertiary/aromatic N) is 2. The largest absolute Gasteiger partial charge is 0.502 e. The van der Waals surface area contributed by atoms with Crippen molar-refractivity contribution >= 4 is 34.6 Å². The van der Waals surface area contributed by atoms with Gasteiger partial charge in [-0.2, -0.15) is 0 Å². The van der Waals surface area contributed by atoms with E-state index in [4.69, 9.17) is 14.5 Å². The van der Waals surface area contributed by atoms with Gasteiger partial charge in [-0.15, -0.1) is 0 Å². The zero-order chi connectivity index (χ0) is 21.8. The van der Waals surface area contributed by atoms with Crippen LogP contribution in [0.5, 0.6) is 17.2 Å². The summed E-state index contributed by atoms with van der Waals surface area (Å²) in [7, 11) is 2.96. The number of benzene rings is 2. The molecule has 1 saturated carbocycles. The van der Waals surface area contributed by atoms with Gasteiger partial charge in [0.15, 0.2) is 16.7 Å². The van der Waals surface area contributed by atoms with Crippen molar-refractivity contribution in [1.82, 2.24) is 4.90 Å². The number of thioether (sulfide) groups is 1. The third kappa shape index (κ3) is 4.56. The zero-order valence-electron chi connectivity index (χ0n) is 17.7. The number of amidine groups is 1. The molecule has 1 N–H and O–H groups in total. The van der Waals surface area contributed by atoms with Crippen LogP contribution in [0.15, 0.2) is 52.4 Å². The maximum Gasteiger partial charge on any atom is 0.267 e. The smallest absolute Gasteiger partial charge is 0.267 e. The van der Waals surface area contributed by atoms with E-state index < -0.39 is 0 Å². The van der Waals surface area contributed by atoms with Crippen LogP contribution in [0.2, 0.25) is 0 Å². The van der Waals surface area contributed by atoms with Gasteiger partial charge in [-0.25, -0.2) is 4.99 Å². The molecule has 2 aliphatic rings. The molecule has 0 bridgehead atoms. The Balaban J connectivity index is 1.72. The first-order valence-corrected chi connectivity index (χ1v) is 11.2. The number of rotatable bonds is 5. The number of carbonyl (C=O) groups excluding carboxylic acids is 1. The van der Waals surface area contributed by atoms with E-state index >= 15 is 0 Å². The van der Waals surface area contributed by atoms with Gasteiger partial charge in [0.05, 0.1) is 24.8 Å². The van der Waals surface area contributed by atoms with Gasteiger partial charge >= 0.3 is 0 Å². The van der Waals surface area contributed by atoms with Crippen LogP contribution in [-0.4, -0.2) is 41.3 Å². The molecule has 0 atom stereocenters. The minimum absolute atomic E-state index is 0.0300. The van der Waals surface area contributed by atoms with E-state index in [1.54, 1.807) is 18.2 Å². The van der Waals surface area contributed by atoms with E-state index in [1.165, 1.54) is 32.4 Å². The summed E-state index contributed by atoms with van der Waals surface area (Å²) in [5.41, 5.74) is 1.54. The number of aromatic hydroxyl groups is 1. The van der Waals surface area contributed by atoms with Crippen molar-refractivity contribution in [3.05, 3.63) is 52.9 Å². The number of aliphatic imine (C=N–C) groups is 1. The second-order valence-corrected chi connectivity index (χ2v) is 8.59. The minimum atomic E-state index is -0.0623. The Morgan fingerprint density at radius 1 is 1.06 bits per heavy atom. The average Bonchev–Trinajstić information content (AvgIpc) is 3.10. The van der Waals surface area contributed by atoms with Crippen LogP contribution >= 0.6 is 11.8 Å². The lowest BCUT2D eigenvalue weighted by Crippen LogP contribution is -2.40. The van der Waals surface area contributed by atoms with Gasteiger partial charge in [0.2, 0.25) is 5.75 Å². The molecule has 2 aromatic rings. The van der Waals surface area contributed by atoms with Crippen LogP contribution in [0.4, 0.5) is 5.69 Å². The first-order chi connectivity index (χ1) is 15.1. The van der Waals surface area contributed by atoms with Crippen LogP contribution in [-0.2, 0) is 4.79 Å². The summed E-state index contributed by atoms with van der Waals surface area (Å²) in [5.74, 6) is 0.498. The Kier molecular flexibility index (Phi) is 6.51. The molecule has 1 saturated heterocycles. The maximum atomic E-state index is 13.4. The van der Waals surface area contributed by atoms with Crippen molar-refractivity contribution in [2.24, 2.45) is 4.99 Å². The molecule has 2 aromatic carbocycles. The van der Waals surface area contributed by atoms with Gasteiger partial charge in [-0.05, 0) is 60.5 Å². The number of hydrogen-bond donors (Lipinski definition) is 1. The first kappa shape index (κ1) is 21.3. The predicted molar refractivity (Wildman–Crippen MR) is 124 cm³/mol. The topological polar surface area (TPSA) is 71.4 Å². The molecule has 0 unspecified atom stereocenters. The summed E-state index contributed by atoms with van der Waals surface area (Å²) in [6.45, 7) is 0. The number of phenols is 1. The molecule has 162 valence electrons. The van der Waals surface area contributed by atoms with Crippen molar-refractivity contribution in [2.45, 2.75) is 38.1 Å². The third-order valence-corrected chi connectivity index (χ3v) is 6.54. The van der Waals surface area contributed by atoms with Crippen LogP contribution < -0.4 is 9.47 Å². The molecule has 1 heterocycles. The molecule has 1 aliphatic heterocycles. The number of carbonyl (C=O) groups is 1. The average molecular weight is 439 g/mol. The normalized spacial score (nSPS) is 19.9. The van der Waals surface area contributed by atoms with Crippen molar-refractivity contribution in [3.63, 3.8) is 0 Å². The molecule has 0 radical (unpaired) electrons. The molecule has 0 spiro atoms. The molecule has 7 heteroatoms. The molecule has 0 aromatic heterocycles. The number of para-hydroxylation sites is 1. The highest BCUT2D eigenvalue weighted by Gasteiger charge is 2.38. The number of phenolic OH excluding ortho intramolecular Hbond substituents is 1. The van der Waals surface area contributed by atoms with Gasteiger partial charge in [0.1, 0.15) is 0 Å². The minimum Gasteiger partial charge on any atom is -0.502 e. The summed E-state index contributed by atoms with van der Waals surface area (Å²) < 4.78 is 10.5. The van der Waals surface area contributed by atoms with Crippen LogP contribution in [0.1, 0.15) is 37.7 Å². The van der Waals surface area contributed by atoms with Gasteiger partial charge < -0.3 is 14.6 Å². The van der Waals surface area contributed by atoms with Gasteiger partial charge in [0.25, 0.3) is 5.91 Å². The first-order valence-electron chi connectivity index (χ1n) is 10.4. The quantitative estimate of drug-likeness (QED) is 0.638.